The number of imidazole rings is 1. The molecule has 1 aromatic heterocycles. The first kappa shape index (κ1) is 12.3. The maximum atomic E-state index is 5.79. The molecule has 0 radical (unpaired) electrons. The molecule has 5 heteroatoms. The molecule has 20 heavy (non-hydrogen) atoms. The van der Waals surface area contributed by atoms with Crippen LogP contribution in [-0.2, 0) is 0 Å². The zero-order chi connectivity index (χ0) is 14.1. The predicted molar refractivity (Wildman–Crippen MR) is 79.0 cm³/mol. The van der Waals surface area contributed by atoms with Gasteiger partial charge in [-0.2, -0.15) is 0 Å². The molecule has 0 bridgehead atoms. The minimum absolute atomic E-state index is 0.694. The molecule has 3 N–H and O–H groups in total. The van der Waals surface area contributed by atoms with Gasteiger partial charge in [-0.3, -0.25) is 0 Å². The summed E-state index contributed by atoms with van der Waals surface area (Å²) in [4.78, 5) is 7.82. The first-order valence-corrected chi connectivity index (χ1v) is 6.19. The minimum atomic E-state index is 0.694. The molecule has 3 rings (SSSR count). The minimum Gasteiger partial charge on any atom is -0.496 e. The van der Waals surface area contributed by atoms with Gasteiger partial charge < -0.3 is 20.2 Å². The van der Waals surface area contributed by atoms with Gasteiger partial charge >= 0.3 is 0 Å². The lowest BCUT2D eigenvalue weighted by molar-refractivity contribution is 0.397. The molecule has 0 saturated carbocycles. The summed E-state index contributed by atoms with van der Waals surface area (Å²) in [7, 11) is 3.25. The van der Waals surface area contributed by atoms with Crippen molar-refractivity contribution in [3.05, 3.63) is 36.4 Å². The van der Waals surface area contributed by atoms with E-state index in [1.807, 2.05) is 36.4 Å². The van der Waals surface area contributed by atoms with Gasteiger partial charge in [-0.1, -0.05) is 6.07 Å². The van der Waals surface area contributed by atoms with Gasteiger partial charge in [0.2, 0.25) is 0 Å². The van der Waals surface area contributed by atoms with Crippen LogP contribution < -0.4 is 15.2 Å². The molecule has 0 aliphatic heterocycles. The second-order valence-corrected chi connectivity index (χ2v) is 4.40. The predicted octanol–water partition coefficient (Wildman–Crippen LogP) is 2.83. The van der Waals surface area contributed by atoms with Gasteiger partial charge in [0.15, 0.2) is 0 Å². The highest BCUT2D eigenvalue weighted by Crippen LogP contribution is 2.37. The van der Waals surface area contributed by atoms with E-state index in [9.17, 15) is 0 Å². The van der Waals surface area contributed by atoms with Crippen molar-refractivity contribution in [2.75, 3.05) is 20.0 Å². The van der Waals surface area contributed by atoms with Gasteiger partial charge in [0.25, 0.3) is 0 Å². The Balaban J connectivity index is 2.24. The Bertz CT molecular complexity index is 743. The van der Waals surface area contributed by atoms with E-state index in [1.54, 1.807) is 14.2 Å². The summed E-state index contributed by atoms with van der Waals surface area (Å²) in [6.45, 7) is 0. The number of nitrogen functional groups attached to an aromatic ring is 1. The first-order valence-electron chi connectivity index (χ1n) is 6.19. The summed E-state index contributed by atoms with van der Waals surface area (Å²) in [5, 5.41) is 0. The lowest BCUT2D eigenvalue weighted by atomic mass is 10.1. The number of benzene rings is 2. The fourth-order valence-electron chi connectivity index (χ4n) is 2.23. The van der Waals surface area contributed by atoms with E-state index >= 15 is 0 Å². The number of H-pyrrole nitrogens is 1. The molecule has 0 spiro atoms. The third-order valence-corrected chi connectivity index (χ3v) is 3.17. The summed E-state index contributed by atoms with van der Waals surface area (Å²) in [6, 6.07) is 11.2. The normalized spacial score (nSPS) is 10.7. The van der Waals surface area contributed by atoms with Crippen LogP contribution in [0.4, 0.5) is 5.69 Å². The first-order chi connectivity index (χ1) is 9.72. The number of aromatic nitrogens is 2. The van der Waals surface area contributed by atoms with Crippen LogP contribution in [0.5, 0.6) is 11.5 Å². The number of nitrogens with one attached hydrogen (secondary N) is 1. The summed E-state index contributed by atoms with van der Waals surface area (Å²) >= 11 is 0. The molecule has 0 atom stereocenters. The third kappa shape index (κ3) is 1.93. The monoisotopic (exact) mass is 269 g/mol. The van der Waals surface area contributed by atoms with Crippen molar-refractivity contribution in [3.63, 3.8) is 0 Å². The molecule has 3 aromatic rings. The molecule has 102 valence electrons. The Morgan fingerprint density at radius 3 is 2.40 bits per heavy atom. The number of methoxy groups -OCH3 is 2. The number of aromatic amines is 1. The highest BCUT2D eigenvalue weighted by molar-refractivity contribution is 5.84. The number of rotatable bonds is 3. The Labute approximate surface area is 116 Å². The van der Waals surface area contributed by atoms with Crippen LogP contribution in [0.2, 0.25) is 0 Å². The molecule has 0 aliphatic carbocycles. The number of hydrogen-bond acceptors (Lipinski definition) is 4. The molecule has 5 nitrogen and oxygen atoms in total. The van der Waals surface area contributed by atoms with Gasteiger partial charge in [0.05, 0.1) is 25.3 Å². The summed E-state index contributed by atoms with van der Waals surface area (Å²) in [5.74, 6) is 2.10. The number of ether oxygens (including phenoxy) is 2. The summed E-state index contributed by atoms with van der Waals surface area (Å²) in [5.41, 5.74) is 9.01. The number of anilines is 1. The van der Waals surface area contributed by atoms with E-state index in [2.05, 4.69) is 9.97 Å². The van der Waals surface area contributed by atoms with Crippen molar-refractivity contribution in [1.29, 1.82) is 0 Å². The molecule has 0 amide bonds. The van der Waals surface area contributed by atoms with Gasteiger partial charge in [0.1, 0.15) is 22.9 Å². The standard InChI is InChI=1S/C15H15N3O2/c1-19-12-4-3-5-13(20-2)14(12)15-17-10-7-6-9(16)8-11(10)18-15/h3-8H,16H2,1-2H3,(H,17,18). The van der Waals surface area contributed by atoms with Crippen molar-refractivity contribution in [2.45, 2.75) is 0 Å². The topological polar surface area (TPSA) is 73.2 Å². The molecule has 0 fully saturated rings. The van der Waals surface area contributed by atoms with Crippen LogP contribution in [-0.4, -0.2) is 24.2 Å². The molecule has 0 aliphatic rings. The zero-order valence-corrected chi connectivity index (χ0v) is 11.3. The van der Waals surface area contributed by atoms with Crippen LogP contribution in [0.3, 0.4) is 0 Å². The molecule has 0 unspecified atom stereocenters. The lowest BCUT2D eigenvalue weighted by Gasteiger charge is -2.10. The second kappa shape index (κ2) is 4.77. The molecule has 2 aromatic carbocycles. The van der Waals surface area contributed by atoms with Gasteiger partial charge in [-0.25, -0.2) is 4.98 Å². The third-order valence-electron chi connectivity index (χ3n) is 3.17. The average molecular weight is 269 g/mol. The Kier molecular flexibility index (Phi) is 2.95. The van der Waals surface area contributed by atoms with Crippen molar-refractivity contribution < 1.29 is 9.47 Å². The van der Waals surface area contributed by atoms with Crippen molar-refractivity contribution in [3.8, 4) is 22.9 Å². The van der Waals surface area contributed by atoms with Gasteiger partial charge in [-0.15, -0.1) is 0 Å². The molecular formula is C15H15N3O2. The Morgan fingerprint density at radius 1 is 1.05 bits per heavy atom. The van der Waals surface area contributed by atoms with E-state index in [1.165, 1.54) is 0 Å². The van der Waals surface area contributed by atoms with Crippen LogP contribution >= 0.6 is 0 Å². The fraction of sp³-hybridized carbons (Fsp3) is 0.133. The average Bonchev–Trinajstić information content (AvgIpc) is 2.88. The maximum absolute atomic E-state index is 5.79. The van der Waals surface area contributed by atoms with E-state index in [-0.39, 0.29) is 0 Å². The van der Waals surface area contributed by atoms with Crippen molar-refractivity contribution in [2.24, 2.45) is 0 Å². The SMILES string of the molecule is COc1cccc(OC)c1-c1nc2ccc(N)cc2[nH]1. The molecule has 0 saturated heterocycles. The molecular weight excluding hydrogens is 254 g/mol. The van der Waals surface area contributed by atoms with Crippen LogP contribution in [0, 0.1) is 0 Å². The zero-order valence-electron chi connectivity index (χ0n) is 11.3. The van der Waals surface area contributed by atoms with Gasteiger partial charge in [-0.05, 0) is 30.3 Å². The van der Waals surface area contributed by atoms with Gasteiger partial charge in [0, 0.05) is 5.69 Å². The number of nitrogens with zero attached hydrogens (tertiary/aromatic N) is 1. The second-order valence-electron chi connectivity index (χ2n) is 4.40. The highest BCUT2D eigenvalue weighted by Gasteiger charge is 2.16. The van der Waals surface area contributed by atoms with E-state index < -0.39 is 0 Å². The lowest BCUT2D eigenvalue weighted by Crippen LogP contribution is -1.93. The van der Waals surface area contributed by atoms with Crippen molar-refractivity contribution in [1.82, 2.24) is 9.97 Å². The maximum Gasteiger partial charge on any atom is 0.146 e. The van der Waals surface area contributed by atoms with Crippen LogP contribution in [0.25, 0.3) is 22.4 Å². The van der Waals surface area contributed by atoms with E-state index in [0.717, 1.165) is 16.6 Å². The molecule has 1 heterocycles. The van der Waals surface area contributed by atoms with Crippen molar-refractivity contribution >= 4 is 16.7 Å². The number of fused-ring (bicyclic) bond motifs is 1. The van der Waals surface area contributed by atoms with Crippen LogP contribution in [0.1, 0.15) is 0 Å². The Hall–Kier alpha value is -2.69. The smallest absolute Gasteiger partial charge is 0.146 e. The van der Waals surface area contributed by atoms with Crippen LogP contribution in [0.15, 0.2) is 36.4 Å². The number of hydrogen-bond donors (Lipinski definition) is 2. The summed E-state index contributed by atoms with van der Waals surface area (Å²) in [6.07, 6.45) is 0. The number of nitrogens with two attached hydrogens (primary N) is 1. The van der Waals surface area contributed by atoms with E-state index in [0.29, 0.717) is 23.0 Å². The Morgan fingerprint density at radius 2 is 1.75 bits per heavy atom. The van der Waals surface area contributed by atoms with E-state index in [4.69, 9.17) is 15.2 Å². The fourth-order valence-corrected chi connectivity index (χ4v) is 2.23. The largest absolute Gasteiger partial charge is 0.496 e. The quantitative estimate of drug-likeness (QED) is 0.717. The summed E-state index contributed by atoms with van der Waals surface area (Å²) < 4.78 is 10.8. The highest BCUT2D eigenvalue weighted by atomic mass is 16.5.